The summed E-state index contributed by atoms with van der Waals surface area (Å²) in [4.78, 5) is 24.8. The number of nitrogens with two attached hydrogens (primary N) is 1. The molecule has 2 fully saturated rings. The van der Waals surface area contributed by atoms with Crippen LogP contribution in [0.15, 0.2) is 0 Å². The first kappa shape index (κ1) is 11.4. The average Bonchev–Trinajstić information content (AvgIpc) is 2.95. The molecule has 2 saturated carbocycles. The number of carbonyl (C=O) groups excluding carboxylic acids is 2. The van der Waals surface area contributed by atoms with Crippen LogP contribution < -0.4 is 5.73 Å². The van der Waals surface area contributed by atoms with E-state index in [-0.39, 0.29) is 29.7 Å². The first-order chi connectivity index (χ1) is 7.50. The van der Waals surface area contributed by atoms with Crippen LogP contribution in [-0.2, 0) is 9.59 Å². The maximum atomic E-state index is 12.0. The van der Waals surface area contributed by atoms with Crippen molar-refractivity contribution in [2.75, 3.05) is 7.05 Å². The van der Waals surface area contributed by atoms with Gasteiger partial charge in [-0.15, -0.1) is 0 Å². The highest BCUT2D eigenvalue weighted by molar-refractivity contribution is 5.81. The molecule has 0 aromatic carbocycles. The molecule has 2 rings (SSSR count). The van der Waals surface area contributed by atoms with Gasteiger partial charge in [-0.05, 0) is 31.6 Å². The second-order valence-corrected chi connectivity index (χ2v) is 5.30. The fourth-order valence-corrected chi connectivity index (χ4v) is 2.44. The largest absolute Gasteiger partial charge is 0.369 e. The highest BCUT2D eigenvalue weighted by atomic mass is 16.2. The van der Waals surface area contributed by atoms with Crippen molar-refractivity contribution in [1.82, 2.24) is 4.90 Å². The molecule has 0 heterocycles. The number of carbonyl (C=O) groups is 2. The molecule has 0 aromatic rings. The Morgan fingerprint density at radius 3 is 2.31 bits per heavy atom. The van der Waals surface area contributed by atoms with Crippen LogP contribution >= 0.6 is 0 Å². The van der Waals surface area contributed by atoms with Crippen molar-refractivity contribution < 1.29 is 9.59 Å². The maximum absolute atomic E-state index is 12.0. The third-order valence-corrected chi connectivity index (χ3v) is 4.13. The summed E-state index contributed by atoms with van der Waals surface area (Å²) in [5.41, 5.74) is 5.21. The fraction of sp³-hybridized carbons (Fsp3) is 0.833. The number of amides is 2. The molecule has 90 valence electrons. The zero-order chi connectivity index (χ0) is 11.9. The van der Waals surface area contributed by atoms with Crippen LogP contribution in [0.3, 0.4) is 0 Å². The Labute approximate surface area is 96.2 Å². The molecule has 0 aliphatic heterocycles. The van der Waals surface area contributed by atoms with Crippen LogP contribution in [-0.4, -0.2) is 29.8 Å². The van der Waals surface area contributed by atoms with Gasteiger partial charge < -0.3 is 10.6 Å². The lowest BCUT2D eigenvalue weighted by atomic mass is 9.78. The molecule has 2 amide bonds. The SMILES string of the molecule is CC(C(=O)N(C)C1CC(C(N)=O)C1)C1CC1. The lowest BCUT2D eigenvalue weighted by Gasteiger charge is -2.40. The minimum atomic E-state index is -0.229. The van der Waals surface area contributed by atoms with Crippen molar-refractivity contribution in [1.29, 1.82) is 0 Å². The van der Waals surface area contributed by atoms with Gasteiger partial charge in [0.15, 0.2) is 0 Å². The Kier molecular flexibility index (Phi) is 2.91. The molecular formula is C12H20N2O2. The van der Waals surface area contributed by atoms with E-state index in [9.17, 15) is 9.59 Å². The van der Waals surface area contributed by atoms with E-state index in [1.165, 1.54) is 12.8 Å². The molecule has 0 aromatic heterocycles. The number of hydrogen-bond donors (Lipinski definition) is 1. The smallest absolute Gasteiger partial charge is 0.225 e. The van der Waals surface area contributed by atoms with Gasteiger partial charge in [0.25, 0.3) is 0 Å². The zero-order valence-electron chi connectivity index (χ0n) is 9.98. The van der Waals surface area contributed by atoms with Crippen molar-refractivity contribution in [2.24, 2.45) is 23.5 Å². The van der Waals surface area contributed by atoms with Gasteiger partial charge in [0.1, 0.15) is 0 Å². The van der Waals surface area contributed by atoms with E-state index in [1.54, 1.807) is 0 Å². The Bertz CT molecular complexity index is 306. The first-order valence-corrected chi connectivity index (χ1v) is 6.06. The van der Waals surface area contributed by atoms with Gasteiger partial charge in [0.2, 0.25) is 11.8 Å². The summed E-state index contributed by atoms with van der Waals surface area (Å²) in [5.74, 6) is 0.735. The van der Waals surface area contributed by atoms with Gasteiger partial charge in [-0.2, -0.15) is 0 Å². The minimum absolute atomic E-state index is 0.0171. The van der Waals surface area contributed by atoms with Crippen molar-refractivity contribution in [3.05, 3.63) is 0 Å². The van der Waals surface area contributed by atoms with Crippen LogP contribution in [0.2, 0.25) is 0 Å². The maximum Gasteiger partial charge on any atom is 0.225 e. The van der Waals surface area contributed by atoms with Crippen molar-refractivity contribution in [2.45, 2.75) is 38.6 Å². The predicted octanol–water partition coefficient (Wildman–Crippen LogP) is 0.755. The molecule has 2 N–H and O–H groups in total. The summed E-state index contributed by atoms with van der Waals surface area (Å²) >= 11 is 0. The van der Waals surface area contributed by atoms with E-state index >= 15 is 0 Å². The molecule has 2 aliphatic rings. The van der Waals surface area contributed by atoms with Crippen molar-refractivity contribution >= 4 is 11.8 Å². The summed E-state index contributed by atoms with van der Waals surface area (Å²) in [6.45, 7) is 2.01. The molecular weight excluding hydrogens is 204 g/mol. The molecule has 1 atom stereocenters. The highest BCUT2D eigenvalue weighted by Gasteiger charge is 2.40. The van der Waals surface area contributed by atoms with E-state index in [1.807, 2.05) is 18.9 Å². The van der Waals surface area contributed by atoms with Crippen LogP contribution in [0.25, 0.3) is 0 Å². The predicted molar refractivity (Wildman–Crippen MR) is 60.4 cm³/mol. The van der Waals surface area contributed by atoms with E-state index in [0.29, 0.717) is 5.92 Å². The Hall–Kier alpha value is -1.06. The van der Waals surface area contributed by atoms with Crippen LogP contribution in [0, 0.1) is 17.8 Å². The molecule has 2 aliphatic carbocycles. The quantitative estimate of drug-likeness (QED) is 0.766. The van der Waals surface area contributed by atoms with Crippen molar-refractivity contribution in [3.63, 3.8) is 0 Å². The normalized spacial score (nSPS) is 30.4. The zero-order valence-corrected chi connectivity index (χ0v) is 9.98. The van der Waals surface area contributed by atoms with Gasteiger partial charge in [-0.3, -0.25) is 9.59 Å². The number of nitrogens with zero attached hydrogens (tertiary/aromatic N) is 1. The summed E-state index contributed by atoms with van der Waals surface area (Å²) in [6.07, 6.45) is 3.87. The molecule has 4 nitrogen and oxygen atoms in total. The van der Waals surface area contributed by atoms with Crippen LogP contribution in [0.5, 0.6) is 0 Å². The van der Waals surface area contributed by atoms with Gasteiger partial charge >= 0.3 is 0 Å². The third kappa shape index (κ3) is 2.06. The molecule has 0 bridgehead atoms. The van der Waals surface area contributed by atoms with E-state index in [2.05, 4.69) is 0 Å². The number of hydrogen-bond acceptors (Lipinski definition) is 2. The van der Waals surface area contributed by atoms with Crippen LogP contribution in [0.4, 0.5) is 0 Å². The van der Waals surface area contributed by atoms with E-state index in [0.717, 1.165) is 12.8 Å². The Balaban J connectivity index is 1.82. The Morgan fingerprint density at radius 2 is 1.88 bits per heavy atom. The number of rotatable bonds is 4. The average molecular weight is 224 g/mol. The lowest BCUT2D eigenvalue weighted by molar-refractivity contribution is -0.141. The monoisotopic (exact) mass is 224 g/mol. The summed E-state index contributed by atoms with van der Waals surface area (Å²) in [6, 6.07) is 0.228. The molecule has 1 unspecified atom stereocenters. The Morgan fingerprint density at radius 1 is 1.31 bits per heavy atom. The molecule has 0 radical (unpaired) electrons. The van der Waals surface area contributed by atoms with Gasteiger partial charge in [-0.25, -0.2) is 0 Å². The molecule has 4 heteroatoms. The van der Waals surface area contributed by atoms with Gasteiger partial charge in [0, 0.05) is 24.9 Å². The summed E-state index contributed by atoms with van der Waals surface area (Å²) in [7, 11) is 1.85. The summed E-state index contributed by atoms with van der Waals surface area (Å²) in [5, 5.41) is 0. The topological polar surface area (TPSA) is 63.4 Å². The van der Waals surface area contributed by atoms with E-state index in [4.69, 9.17) is 5.73 Å². The lowest BCUT2D eigenvalue weighted by Crippen LogP contribution is -2.50. The number of primary amides is 1. The van der Waals surface area contributed by atoms with Gasteiger partial charge in [0.05, 0.1) is 0 Å². The second-order valence-electron chi connectivity index (χ2n) is 5.30. The summed E-state index contributed by atoms with van der Waals surface area (Å²) < 4.78 is 0. The second kappa shape index (κ2) is 4.07. The van der Waals surface area contributed by atoms with E-state index < -0.39 is 0 Å². The molecule has 16 heavy (non-hydrogen) atoms. The molecule has 0 spiro atoms. The van der Waals surface area contributed by atoms with Crippen molar-refractivity contribution in [3.8, 4) is 0 Å². The van der Waals surface area contributed by atoms with Gasteiger partial charge in [-0.1, -0.05) is 6.92 Å². The first-order valence-electron chi connectivity index (χ1n) is 6.06. The van der Waals surface area contributed by atoms with Crippen LogP contribution in [0.1, 0.15) is 32.6 Å². The third-order valence-electron chi connectivity index (χ3n) is 4.13. The standard InChI is InChI=1S/C12H20N2O2/c1-7(8-3-4-8)12(16)14(2)10-5-9(6-10)11(13)15/h7-10H,3-6H2,1-2H3,(H2,13,15). The molecule has 0 saturated heterocycles. The minimum Gasteiger partial charge on any atom is -0.369 e. The highest BCUT2D eigenvalue weighted by Crippen LogP contribution is 2.39. The fourth-order valence-electron chi connectivity index (χ4n) is 2.44.